The smallest absolute Gasteiger partial charge is 0.254 e. The van der Waals surface area contributed by atoms with Crippen LogP contribution in [0.2, 0.25) is 0 Å². The first-order valence-corrected chi connectivity index (χ1v) is 6.54. The first kappa shape index (κ1) is 12.9. The van der Waals surface area contributed by atoms with E-state index >= 15 is 0 Å². The Bertz CT molecular complexity index is 466. The van der Waals surface area contributed by atoms with E-state index in [9.17, 15) is 4.79 Å². The van der Waals surface area contributed by atoms with Gasteiger partial charge in [0.05, 0.1) is 0 Å². The number of nitrogen functional groups attached to an aromatic ring is 1. The van der Waals surface area contributed by atoms with Crippen molar-refractivity contribution in [3.05, 3.63) is 29.3 Å². The molecule has 18 heavy (non-hydrogen) atoms. The van der Waals surface area contributed by atoms with Crippen molar-refractivity contribution in [1.29, 1.82) is 0 Å². The summed E-state index contributed by atoms with van der Waals surface area (Å²) >= 11 is 0. The van der Waals surface area contributed by atoms with Crippen LogP contribution in [0.5, 0.6) is 0 Å². The van der Waals surface area contributed by atoms with Crippen LogP contribution in [0.3, 0.4) is 0 Å². The minimum Gasteiger partial charge on any atom is -0.399 e. The minimum atomic E-state index is 0.139. The monoisotopic (exact) mass is 246 g/mol. The van der Waals surface area contributed by atoms with E-state index in [0.29, 0.717) is 5.69 Å². The Hall–Kier alpha value is -1.51. The summed E-state index contributed by atoms with van der Waals surface area (Å²) in [6.07, 6.45) is 2.28. The fourth-order valence-electron chi connectivity index (χ4n) is 2.69. The summed E-state index contributed by atoms with van der Waals surface area (Å²) in [6.45, 7) is 8.10. The van der Waals surface area contributed by atoms with Crippen LogP contribution in [-0.4, -0.2) is 23.9 Å². The highest BCUT2D eigenvalue weighted by atomic mass is 16.2. The Morgan fingerprint density at radius 3 is 2.72 bits per heavy atom. The Morgan fingerprint density at radius 2 is 2.11 bits per heavy atom. The summed E-state index contributed by atoms with van der Waals surface area (Å²) in [6, 6.07) is 5.51. The second-order valence-corrected chi connectivity index (χ2v) is 6.07. The number of aryl methyl sites for hydroxylation is 1. The van der Waals surface area contributed by atoms with Crippen molar-refractivity contribution in [2.45, 2.75) is 33.6 Å². The van der Waals surface area contributed by atoms with Gasteiger partial charge in [0, 0.05) is 24.3 Å². The summed E-state index contributed by atoms with van der Waals surface area (Å²) in [4.78, 5) is 14.5. The molecule has 2 rings (SSSR count). The molecule has 1 aliphatic rings. The molecule has 1 heterocycles. The average Bonchev–Trinajstić information content (AvgIpc) is 2.27. The number of nitrogens with zero attached hydrogens (tertiary/aromatic N) is 1. The van der Waals surface area contributed by atoms with Gasteiger partial charge in [-0.25, -0.2) is 0 Å². The van der Waals surface area contributed by atoms with Crippen molar-refractivity contribution in [3.63, 3.8) is 0 Å². The summed E-state index contributed by atoms with van der Waals surface area (Å²) in [7, 11) is 0. The number of rotatable bonds is 1. The number of piperidine rings is 1. The van der Waals surface area contributed by atoms with E-state index in [4.69, 9.17) is 5.73 Å². The van der Waals surface area contributed by atoms with E-state index in [2.05, 4.69) is 13.8 Å². The van der Waals surface area contributed by atoms with Gasteiger partial charge in [0.25, 0.3) is 5.91 Å². The molecule has 1 saturated heterocycles. The van der Waals surface area contributed by atoms with Gasteiger partial charge in [-0.2, -0.15) is 0 Å². The SMILES string of the molecule is Cc1cc(N)ccc1C(=O)N1CCCC(C)(C)C1. The molecular formula is C15H22N2O. The standard InChI is InChI=1S/C15H22N2O/c1-11-9-12(16)5-6-13(11)14(18)17-8-4-7-15(2,3)10-17/h5-6,9H,4,7-8,10,16H2,1-3H3. The van der Waals surface area contributed by atoms with Crippen molar-refractivity contribution in [1.82, 2.24) is 4.90 Å². The lowest BCUT2D eigenvalue weighted by Crippen LogP contribution is -2.43. The van der Waals surface area contributed by atoms with E-state index in [1.807, 2.05) is 24.0 Å². The highest BCUT2D eigenvalue weighted by molar-refractivity contribution is 5.96. The van der Waals surface area contributed by atoms with Crippen LogP contribution in [-0.2, 0) is 0 Å². The lowest BCUT2D eigenvalue weighted by Gasteiger charge is -2.38. The fourth-order valence-corrected chi connectivity index (χ4v) is 2.69. The Balaban J connectivity index is 2.20. The third-order valence-electron chi connectivity index (χ3n) is 3.67. The van der Waals surface area contributed by atoms with Gasteiger partial charge in [0.1, 0.15) is 0 Å². The number of amides is 1. The van der Waals surface area contributed by atoms with Crippen LogP contribution in [0.4, 0.5) is 5.69 Å². The molecule has 1 aromatic carbocycles. The van der Waals surface area contributed by atoms with Crippen molar-refractivity contribution in [2.24, 2.45) is 5.41 Å². The maximum absolute atomic E-state index is 12.5. The Morgan fingerprint density at radius 1 is 1.39 bits per heavy atom. The van der Waals surface area contributed by atoms with Crippen molar-refractivity contribution < 1.29 is 4.79 Å². The van der Waals surface area contributed by atoms with Crippen LogP contribution in [0.15, 0.2) is 18.2 Å². The molecule has 1 aliphatic heterocycles. The number of nitrogens with two attached hydrogens (primary N) is 1. The van der Waals surface area contributed by atoms with Gasteiger partial charge < -0.3 is 10.6 Å². The number of carbonyl (C=O) groups excluding carboxylic acids is 1. The topological polar surface area (TPSA) is 46.3 Å². The van der Waals surface area contributed by atoms with Gasteiger partial charge in [0.15, 0.2) is 0 Å². The predicted molar refractivity (Wildman–Crippen MR) is 74.5 cm³/mol. The van der Waals surface area contributed by atoms with Gasteiger partial charge in [-0.1, -0.05) is 13.8 Å². The number of anilines is 1. The van der Waals surface area contributed by atoms with Crippen molar-refractivity contribution in [2.75, 3.05) is 18.8 Å². The zero-order valence-electron chi connectivity index (χ0n) is 11.5. The summed E-state index contributed by atoms with van der Waals surface area (Å²) in [5.41, 5.74) is 8.41. The van der Waals surface area contributed by atoms with Gasteiger partial charge in [-0.05, 0) is 48.9 Å². The average molecular weight is 246 g/mol. The second kappa shape index (κ2) is 4.63. The molecule has 0 spiro atoms. The first-order valence-electron chi connectivity index (χ1n) is 6.54. The van der Waals surface area contributed by atoms with Gasteiger partial charge in [-0.3, -0.25) is 4.79 Å². The molecule has 0 aromatic heterocycles. The zero-order valence-corrected chi connectivity index (χ0v) is 11.5. The van der Waals surface area contributed by atoms with Crippen LogP contribution >= 0.6 is 0 Å². The molecule has 1 amide bonds. The molecule has 0 unspecified atom stereocenters. The highest BCUT2D eigenvalue weighted by Crippen LogP contribution is 2.29. The van der Waals surface area contributed by atoms with Gasteiger partial charge in [-0.15, -0.1) is 0 Å². The number of likely N-dealkylation sites (tertiary alicyclic amines) is 1. The quantitative estimate of drug-likeness (QED) is 0.774. The first-order chi connectivity index (χ1) is 8.39. The number of carbonyl (C=O) groups is 1. The Kier molecular flexibility index (Phi) is 3.33. The van der Waals surface area contributed by atoms with E-state index < -0.39 is 0 Å². The van der Waals surface area contributed by atoms with Crippen molar-refractivity contribution >= 4 is 11.6 Å². The molecule has 0 radical (unpaired) electrons. The highest BCUT2D eigenvalue weighted by Gasteiger charge is 2.29. The number of benzene rings is 1. The van der Waals surface area contributed by atoms with Gasteiger partial charge >= 0.3 is 0 Å². The molecule has 3 heteroatoms. The van der Waals surface area contributed by atoms with E-state index in [0.717, 1.165) is 30.6 Å². The normalized spacial score (nSPS) is 18.7. The maximum Gasteiger partial charge on any atom is 0.254 e. The molecule has 1 fully saturated rings. The van der Waals surface area contributed by atoms with Crippen LogP contribution in [0, 0.1) is 12.3 Å². The molecule has 1 aromatic rings. The van der Waals surface area contributed by atoms with Crippen molar-refractivity contribution in [3.8, 4) is 0 Å². The van der Waals surface area contributed by atoms with Gasteiger partial charge in [0.2, 0.25) is 0 Å². The van der Waals surface area contributed by atoms with E-state index in [-0.39, 0.29) is 11.3 Å². The summed E-state index contributed by atoms with van der Waals surface area (Å²) < 4.78 is 0. The van der Waals surface area contributed by atoms with Crippen LogP contribution < -0.4 is 5.73 Å². The largest absolute Gasteiger partial charge is 0.399 e. The second-order valence-electron chi connectivity index (χ2n) is 6.07. The zero-order chi connectivity index (χ0) is 13.3. The summed E-state index contributed by atoms with van der Waals surface area (Å²) in [5.74, 6) is 0.139. The predicted octanol–water partition coefficient (Wildman–Crippen LogP) is 2.84. The fraction of sp³-hybridized carbons (Fsp3) is 0.533. The molecule has 0 bridgehead atoms. The lowest BCUT2D eigenvalue weighted by molar-refractivity contribution is 0.0583. The molecule has 0 aliphatic carbocycles. The molecule has 98 valence electrons. The Labute approximate surface area is 109 Å². The molecule has 2 N–H and O–H groups in total. The van der Waals surface area contributed by atoms with Crippen LogP contribution in [0.1, 0.15) is 42.6 Å². The van der Waals surface area contributed by atoms with E-state index in [1.165, 1.54) is 6.42 Å². The minimum absolute atomic E-state index is 0.139. The molecule has 0 atom stereocenters. The number of hydrogen-bond donors (Lipinski definition) is 1. The van der Waals surface area contributed by atoms with Crippen LogP contribution in [0.25, 0.3) is 0 Å². The third kappa shape index (κ3) is 2.66. The molecular weight excluding hydrogens is 224 g/mol. The maximum atomic E-state index is 12.5. The number of hydrogen-bond acceptors (Lipinski definition) is 2. The van der Waals surface area contributed by atoms with E-state index in [1.54, 1.807) is 6.07 Å². The lowest BCUT2D eigenvalue weighted by atomic mass is 9.84. The third-order valence-corrected chi connectivity index (χ3v) is 3.67. The molecule has 0 saturated carbocycles. The summed E-state index contributed by atoms with van der Waals surface area (Å²) in [5, 5.41) is 0. The molecule has 3 nitrogen and oxygen atoms in total.